The standard InChI is InChI=1S/C40H30N4O/c1-27-13-23-37-35(25-27)36-26-28(2)14-24-38(36)44(37)34-21-19-33(20-22-34)43(31-11-7-4-8-12-31)32-17-15-30(16-18-32)40-41-39(42-45-40)29-9-5-3-6-10-29/h3-26H,1-2H3. The molecular formula is C40H30N4O. The van der Waals surface area contributed by atoms with Crippen LogP contribution in [-0.2, 0) is 0 Å². The van der Waals surface area contributed by atoms with E-state index in [2.05, 4.69) is 131 Å². The van der Waals surface area contributed by atoms with Crippen molar-refractivity contribution in [1.29, 1.82) is 0 Å². The molecule has 2 heterocycles. The Kier molecular flexibility index (Phi) is 6.50. The zero-order valence-corrected chi connectivity index (χ0v) is 25.1. The number of fused-ring (bicyclic) bond motifs is 3. The molecule has 0 spiro atoms. The lowest BCUT2D eigenvalue weighted by Gasteiger charge is -2.26. The van der Waals surface area contributed by atoms with Gasteiger partial charge >= 0.3 is 0 Å². The van der Waals surface area contributed by atoms with E-state index in [4.69, 9.17) is 4.52 Å². The first-order chi connectivity index (χ1) is 22.1. The molecule has 45 heavy (non-hydrogen) atoms. The van der Waals surface area contributed by atoms with Crippen molar-refractivity contribution < 1.29 is 4.52 Å². The van der Waals surface area contributed by atoms with Crippen LogP contribution in [0, 0.1) is 13.8 Å². The molecule has 0 aliphatic rings. The SMILES string of the molecule is Cc1ccc2c(c1)c1cc(C)ccc1n2-c1ccc(N(c2ccccc2)c2ccc(-c3nc(-c4ccccc4)no3)cc2)cc1. The molecule has 0 aliphatic heterocycles. The molecule has 0 unspecified atom stereocenters. The Bertz CT molecular complexity index is 2210. The zero-order valence-electron chi connectivity index (χ0n) is 25.1. The lowest BCUT2D eigenvalue weighted by Crippen LogP contribution is -2.10. The third-order valence-corrected chi connectivity index (χ3v) is 8.29. The smallest absolute Gasteiger partial charge is 0.258 e. The van der Waals surface area contributed by atoms with Crippen molar-refractivity contribution in [3.63, 3.8) is 0 Å². The number of anilines is 3. The van der Waals surface area contributed by atoms with Crippen LogP contribution in [0.25, 0.3) is 50.3 Å². The topological polar surface area (TPSA) is 47.1 Å². The minimum Gasteiger partial charge on any atom is -0.334 e. The van der Waals surface area contributed by atoms with E-state index in [1.165, 1.54) is 32.9 Å². The van der Waals surface area contributed by atoms with Gasteiger partial charge in [0.1, 0.15) is 0 Å². The lowest BCUT2D eigenvalue weighted by atomic mass is 10.1. The van der Waals surface area contributed by atoms with Gasteiger partial charge in [0.15, 0.2) is 0 Å². The summed E-state index contributed by atoms with van der Waals surface area (Å²) in [5, 5.41) is 6.75. The molecule has 0 aliphatic carbocycles. The van der Waals surface area contributed by atoms with E-state index >= 15 is 0 Å². The lowest BCUT2D eigenvalue weighted by molar-refractivity contribution is 0.432. The fraction of sp³-hybridized carbons (Fsp3) is 0.0500. The first-order valence-corrected chi connectivity index (χ1v) is 15.1. The van der Waals surface area contributed by atoms with Crippen LogP contribution in [0.1, 0.15) is 11.1 Å². The van der Waals surface area contributed by atoms with Gasteiger partial charge in [-0.15, -0.1) is 0 Å². The fourth-order valence-electron chi connectivity index (χ4n) is 6.10. The van der Waals surface area contributed by atoms with E-state index in [1.807, 2.05) is 48.5 Å². The average molecular weight is 583 g/mol. The summed E-state index contributed by atoms with van der Waals surface area (Å²) in [4.78, 5) is 6.89. The second-order valence-electron chi connectivity index (χ2n) is 11.4. The maximum Gasteiger partial charge on any atom is 0.258 e. The molecule has 0 saturated heterocycles. The number of hydrogen-bond acceptors (Lipinski definition) is 4. The summed E-state index contributed by atoms with van der Waals surface area (Å²) in [7, 11) is 0. The summed E-state index contributed by atoms with van der Waals surface area (Å²) in [5.41, 5.74) is 11.0. The molecule has 0 amide bonds. The van der Waals surface area contributed by atoms with Crippen molar-refractivity contribution in [2.75, 3.05) is 4.90 Å². The first kappa shape index (κ1) is 26.7. The third-order valence-electron chi connectivity index (χ3n) is 8.29. The van der Waals surface area contributed by atoms with Crippen LogP contribution in [0.15, 0.2) is 150 Å². The molecule has 8 rings (SSSR count). The zero-order chi connectivity index (χ0) is 30.3. The summed E-state index contributed by atoms with van der Waals surface area (Å²) >= 11 is 0. The quantitative estimate of drug-likeness (QED) is 0.196. The van der Waals surface area contributed by atoms with Gasteiger partial charge in [0.05, 0.1) is 11.0 Å². The van der Waals surface area contributed by atoms with Crippen molar-refractivity contribution in [3.8, 4) is 28.5 Å². The van der Waals surface area contributed by atoms with Crippen LogP contribution >= 0.6 is 0 Å². The molecule has 0 atom stereocenters. The Labute approximate surface area is 261 Å². The van der Waals surface area contributed by atoms with Gasteiger partial charge in [-0.2, -0.15) is 4.98 Å². The number of nitrogens with zero attached hydrogens (tertiary/aromatic N) is 4. The molecule has 216 valence electrons. The molecule has 0 radical (unpaired) electrons. The molecule has 2 aromatic heterocycles. The van der Waals surface area contributed by atoms with E-state index in [-0.39, 0.29) is 0 Å². The highest BCUT2D eigenvalue weighted by atomic mass is 16.5. The van der Waals surface area contributed by atoms with Crippen molar-refractivity contribution in [1.82, 2.24) is 14.7 Å². The van der Waals surface area contributed by atoms with Crippen LogP contribution in [0.5, 0.6) is 0 Å². The van der Waals surface area contributed by atoms with E-state index in [1.54, 1.807) is 0 Å². The van der Waals surface area contributed by atoms with Gasteiger partial charge in [0.25, 0.3) is 5.89 Å². The predicted molar refractivity (Wildman–Crippen MR) is 184 cm³/mol. The number of rotatable bonds is 6. The van der Waals surface area contributed by atoms with E-state index in [9.17, 15) is 0 Å². The van der Waals surface area contributed by atoms with Crippen molar-refractivity contribution in [2.45, 2.75) is 13.8 Å². The Hall–Kier alpha value is -5.94. The number of hydrogen-bond donors (Lipinski definition) is 0. The number of para-hydroxylation sites is 1. The predicted octanol–water partition coefficient (Wildman–Crippen LogP) is 10.6. The minimum atomic E-state index is 0.493. The highest BCUT2D eigenvalue weighted by Crippen LogP contribution is 2.38. The molecule has 5 heteroatoms. The number of aromatic nitrogens is 3. The van der Waals surface area contributed by atoms with Gasteiger partial charge in [0.2, 0.25) is 5.82 Å². The summed E-state index contributed by atoms with van der Waals surface area (Å²) in [5.74, 6) is 1.07. The Morgan fingerprint density at radius 3 is 1.67 bits per heavy atom. The summed E-state index contributed by atoms with van der Waals surface area (Å²) in [6.07, 6.45) is 0. The Morgan fingerprint density at radius 2 is 1.07 bits per heavy atom. The van der Waals surface area contributed by atoms with E-state index in [0.29, 0.717) is 11.7 Å². The molecular weight excluding hydrogens is 552 g/mol. The first-order valence-electron chi connectivity index (χ1n) is 15.1. The Morgan fingerprint density at radius 1 is 0.533 bits per heavy atom. The van der Waals surface area contributed by atoms with Crippen LogP contribution in [-0.4, -0.2) is 14.7 Å². The van der Waals surface area contributed by atoms with Crippen LogP contribution < -0.4 is 4.90 Å². The molecule has 6 aromatic carbocycles. The van der Waals surface area contributed by atoms with Gasteiger partial charge in [-0.05, 0) is 98.8 Å². The summed E-state index contributed by atoms with van der Waals surface area (Å²) in [6.45, 7) is 4.31. The normalized spacial score (nSPS) is 11.3. The van der Waals surface area contributed by atoms with Crippen molar-refractivity contribution >= 4 is 38.9 Å². The molecule has 0 bridgehead atoms. The molecule has 0 N–H and O–H groups in total. The van der Waals surface area contributed by atoms with Gasteiger partial charge < -0.3 is 14.0 Å². The van der Waals surface area contributed by atoms with Gasteiger partial charge in [-0.25, -0.2) is 0 Å². The van der Waals surface area contributed by atoms with Crippen LogP contribution in [0.2, 0.25) is 0 Å². The maximum atomic E-state index is 5.62. The average Bonchev–Trinajstić information content (AvgIpc) is 3.70. The van der Waals surface area contributed by atoms with Crippen LogP contribution in [0.4, 0.5) is 17.1 Å². The van der Waals surface area contributed by atoms with Gasteiger partial charge in [0, 0.05) is 44.6 Å². The molecule has 5 nitrogen and oxygen atoms in total. The fourth-order valence-corrected chi connectivity index (χ4v) is 6.10. The minimum absolute atomic E-state index is 0.493. The number of benzene rings is 6. The molecule has 8 aromatic rings. The van der Waals surface area contributed by atoms with Crippen molar-refractivity contribution in [3.05, 3.63) is 157 Å². The second-order valence-corrected chi connectivity index (χ2v) is 11.4. The molecule has 0 fully saturated rings. The monoisotopic (exact) mass is 582 g/mol. The Balaban J connectivity index is 1.17. The summed E-state index contributed by atoms with van der Waals surface area (Å²) < 4.78 is 7.98. The van der Waals surface area contributed by atoms with Gasteiger partial charge in [-0.3, -0.25) is 0 Å². The second kappa shape index (κ2) is 11.0. The highest BCUT2D eigenvalue weighted by molar-refractivity contribution is 6.09. The van der Waals surface area contributed by atoms with E-state index in [0.717, 1.165) is 33.9 Å². The summed E-state index contributed by atoms with van der Waals surface area (Å²) in [6, 6.07) is 50.8. The highest BCUT2D eigenvalue weighted by Gasteiger charge is 2.17. The third kappa shape index (κ3) is 4.85. The maximum absolute atomic E-state index is 5.62. The van der Waals surface area contributed by atoms with Crippen LogP contribution in [0.3, 0.4) is 0 Å². The molecule has 0 saturated carbocycles. The van der Waals surface area contributed by atoms with Crippen molar-refractivity contribution in [2.24, 2.45) is 0 Å². The van der Waals surface area contributed by atoms with Gasteiger partial charge in [-0.1, -0.05) is 76.9 Å². The van der Waals surface area contributed by atoms with E-state index < -0.39 is 0 Å². The largest absolute Gasteiger partial charge is 0.334 e. The number of aryl methyl sites for hydroxylation is 2.